The number of benzene rings is 1. The molecule has 1 aliphatic rings. The van der Waals surface area contributed by atoms with Crippen molar-refractivity contribution in [2.24, 2.45) is 16.8 Å². The number of carbonyl (C=O) groups is 3. The van der Waals surface area contributed by atoms with Crippen molar-refractivity contribution in [1.82, 2.24) is 5.17 Å². The van der Waals surface area contributed by atoms with Crippen LogP contribution in [0.4, 0.5) is 0 Å². The van der Waals surface area contributed by atoms with Crippen molar-refractivity contribution in [2.45, 2.75) is 26.7 Å². The van der Waals surface area contributed by atoms with Crippen LogP contribution >= 0.6 is 11.6 Å². The molecular weight excluding hydrogens is 414 g/mol. The van der Waals surface area contributed by atoms with Crippen LogP contribution < -0.4 is 5.84 Å². The predicted octanol–water partition coefficient (Wildman–Crippen LogP) is 2.16. The Morgan fingerprint density at radius 3 is 2.50 bits per heavy atom. The van der Waals surface area contributed by atoms with Gasteiger partial charge in [-0.25, -0.2) is 15.5 Å². The summed E-state index contributed by atoms with van der Waals surface area (Å²) in [7, 11) is 1.25. The van der Waals surface area contributed by atoms with Crippen molar-refractivity contribution >= 4 is 35.2 Å². The third kappa shape index (κ3) is 5.05. The largest absolute Gasteiger partial charge is 0.468 e. The third-order valence-corrected chi connectivity index (χ3v) is 4.90. The van der Waals surface area contributed by atoms with E-state index in [9.17, 15) is 14.4 Å². The van der Waals surface area contributed by atoms with Crippen molar-refractivity contribution in [3.05, 3.63) is 46.1 Å². The Morgan fingerprint density at radius 2 is 1.93 bits per heavy atom. The molecule has 2 N–H and O–H groups in total. The van der Waals surface area contributed by atoms with Crippen LogP contribution in [0.3, 0.4) is 0 Å². The molecule has 0 aliphatic carbocycles. The molecule has 0 saturated heterocycles. The number of hydrazine groups is 1. The molecule has 1 amide bonds. The first kappa shape index (κ1) is 23.5. The molecule has 0 bridgehead atoms. The number of esters is 2. The fourth-order valence-electron chi connectivity index (χ4n) is 3.21. The van der Waals surface area contributed by atoms with E-state index >= 15 is 0 Å². The summed E-state index contributed by atoms with van der Waals surface area (Å²) < 4.78 is 10.2. The predicted molar refractivity (Wildman–Crippen MR) is 109 cm³/mol. The van der Waals surface area contributed by atoms with E-state index in [2.05, 4.69) is 4.99 Å². The zero-order chi connectivity index (χ0) is 22.4. The Morgan fingerprint density at radius 1 is 1.27 bits per heavy atom. The highest BCUT2D eigenvalue weighted by Gasteiger charge is 2.43. The second kappa shape index (κ2) is 10.3. The fourth-order valence-corrected chi connectivity index (χ4v) is 3.46. The lowest BCUT2D eigenvalue weighted by atomic mass is 9.75. The monoisotopic (exact) mass is 437 g/mol. The van der Waals surface area contributed by atoms with Gasteiger partial charge in [0.2, 0.25) is 0 Å². The van der Waals surface area contributed by atoms with Gasteiger partial charge in [-0.05, 0) is 25.5 Å². The van der Waals surface area contributed by atoms with Gasteiger partial charge in [-0.15, -0.1) is 0 Å². The number of hydrogen-bond donors (Lipinski definition) is 1. The van der Waals surface area contributed by atoms with E-state index in [1.54, 1.807) is 38.1 Å². The molecule has 2 rings (SSSR count). The van der Waals surface area contributed by atoms with Crippen LogP contribution in [0.5, 0.6) is 0 Å². The maximum Gasteiger partial charge on any atom is 0.336 e. The number of amides is 1. The average molecular weight is 438 g/mol. The molecule has 30 heavy (non-hydrogen) atoms. The van der Waals surface area contributed by atoms with Gasteiger partial charge in [-0.2, -0.15) is 5.17 Å². The molecule has 2 unspecified atom stereocenters. The maximum absolute atomic E-state index is 12.9. The summed E-state index contributed by atoms with van der Waals surface area (Å²) in [5, 5.41) is 0.898. The van der Waals surface area contributed by atoms with E-state index in [0.717, 1.165) is 0 Å². The fraction of sp³-hybridized carbons (Fsp3) is 0.400. The molecule has 9 nitrogen and oxygen atoms in total. The summed E-state index contributed by atoms with van der Waals surface area (Å²) in [6.45, 7) is 4.32. The van der Waals surface area contributed by atoms with Crippen LogP contribution in [-0.4, -0.2) is 49.1 Å². The van der Waals surface area contributed by atoms with Crippen LogP contribution in [0.25, 0.3) is 0 Å². The van der Waals surface area contributed by atoms with E-state index in [4.69, 9.17) is 31.8 Å². The van der Waals surface area contributed by atoms with Crippen molar-refractivity contribution in [3.8, 4) is 0 Å². The summed E-state index contributed by atoms with van der Waals surface area (Å²) in [4.78, 5) is 46.5. The van der Waals surface area contributed by atoms with Crippen LogP contribution in [-0.2, 0) is 28.7 Å². The number of rotatable bonds is 7. The lowest BCUT2D eigenvalue weighted by Crippen LogP contribution is -2.39. The first-order chi connectivity index (χ1) is 14.2. The Kier molecular flexibility index (Phi) is 8.10. The molecular formula is C20H24ClN3O6. The molecule has 2 atom stereocenters. The molecule has 1 aliphatic heterocycles. The van der Waals surface area contributed by atoms with Crippen molar-refractivity contribution < 1.29 is 28.7 Å². The summed E-state index contributed by atoms with van der Waals surface area (Å²) in [6, 6.07) is 6.85. The normalized spacial score (nSPS) is 18.5. The molecule has 0 radical (unpaired) electrons. The summed E-state index contributed by atoms with van der Waals surface area (Å²) in [5.74, 6) is 1.96. The van der Waals surface area contributed by atoms with Gasteiger partial charge in [0.1, 0.15) is 12.5 Å². The number of hydrogen-bond acceptors (Lipinski definition) is 8. The quantitative estimate of drug-likeness (QED) is 0.300. The van der Waals surface area contributed by atoms with Crippen molar-refractivity contribution in [3.63, 3.8) is 0 Å². The van der Waals surface area contributed by atoms with Gasteiger partial charge in [-0.3, -0.25) is 14.6 Å². The average Bonchev–Trinajstić information content (AvgIpc) is 2.71. The first-order valence-electron chi connectivity index (χ1n) is 9.18. The second-order valence-electron chi connectivity index (χ2n) is 6.45. The minimum atomic E-state index is -0.903. The van der Waals surface area contributed by atoms with Crippen molar-refractivity contribution in [1.29, 1.82) is 0 Å². The lowest BCUT2D eigenvalue weighted by molar-refractivity contribution is -0.182. The second-order valence-corrected chi connectivity index (χ2v) is 6.86. The Balaban J connectivity index is 2.68. The number of methoxy groups -OCH3 is 1. The summed E-state index contributed by atoms with van der Waals surface area (Å²) in [5.41, 5.74) is 1.18. The zero-order valence-corrected chi connectivity index (χ0v) is 17.9. The molecule has 0 spiro atoms. The van der Waals surface area contributed by atoms with E-state index in [-0.39, 0.29) is 24.5 Å². The van der Waals surface area contributed by atoms with E-state index < -0.39 is 29.7 Å². The number of ether oxygens (including phenoxy) is 2. The number of nitrogens with two attached hydrogens (primary N) is 1. The van der Waals surface area contributed by atoms with Crippen LogP contribution in [0.15, 0.2) is 40.5 Å². The van der Waals surface area contributed by atoms with Crippen molar-refractivity contribution in [2.75, 3.05) is 20.3 Å². The number of nitrogens with zero attached hydrogens (tertiary/aromatic N) is 2. The number of hydroxylamine groups is 1. The highest BCUT2D eigenvalue weighted by molar-refractivity contribution is 6.31. The molecule has 0 saturated carbocycles. The van der Waals surface area contributed by atoms with Crippen LogP contribution in [0, 0.1) is 5.92 Å². The molecule has 162 valence electrons. The summed E-state index contributed by atoms with van der Waals surface area (Å²) >= 11 is 6.41. The van der Waals surface area contributed by atoms with Crippen LogP contribution in [0.1, 0.15) is 32.3 Å². The minimum Gasteiger partial charge on any atom is -0.468 e. The molecule has 1 aromatic rings. The van der Waals surface area contributed by atoms with Gasteiger partial charge in [0, 0.05) is 23.6 Å². The highest BCUT2D eigenvalue weighted by Crippen LogP contribution is 2.42. The Bertz CT molecular complexity index is 898. The Hall–Kier alpha value is -2.75. The van der Waals surface area contributed by atoms with Gasteiger partial charge in [-0.1, -0.05) is 29.8 Å². The van der Waals surface area contributed by atoms with E-state index in [1.165, 1.54) is 14.0 Å². The molecule has 0 fully saturated rings. The number of aliphatic imine (C=N–C) groups is 1. The number of carbonyl (C=O) groups excluding carboxylic acids is 3. The molecule has 0 aromatic heterocycles. The van der Waals surface area contributed by atoms with Gasteiger partial charge >= 0.3 is 11.9 Å². The molecule has 1 aromatic carbocycles. The highest BCUT2D eigenvalue weighted by atomic mass is 35.5. The smallest absolute Gasteiger partial charge is 0.336 e. The zero-order valence-electron chi connectivity index (χ0n) is 17.2. The summed E-state index contributed by atoms with van der Waals surface area (Å²) in [6.07, 6.45) is 0. The molecule has 10 heteroatoms. The topological polar surface area (TPSA) is 121 Å². The lowest BCUT2D eigenvalue weighted by Gasteiger charge is -2.32. The van der Waals surface area contributed by atoms with Crippen LogP contribution in [0.2, 0.25) is 5.02 Å². The standard InChI is InChI=1S/C20H24ClN3O6/c1-5-29-20(27)18-15(10-30-24(22)12(3)25)23-11(2)16(19(26)28-4)17(18)13-8-6-7-9-14(13)21/h6-9,16-17H,5,10,22H2,1-4H3. The Labute approximate surface area is 179 Å². The maximum atomic E-state index is 12.9. The van der Waals surface area contributed by atoms with Gasteiger partial charge in [0.05, 0.1) is 25.0 Å². The van der Waals surface area contributed by atoms with E-state index in [0.29, 0.717) is 21.5 Å². The number of halogens is 1. The third-order valence-electron chi connectivity index (χ3n) is 4.56. The first-order valence-corrected chi connectivity index (χ1v) is 9.56. The van der Waals surface area contributed by atoms with Gasteiger partial charge < -0.3 is 9.47 Å². The molecule has 1 heterocycles. The van der Waals surface area contributed by atoms with E-state index in [1.807, 2.05) is 0 Å². The van der Waals surface area contributed by atoms with Gasteiger partial charge in [0.15, 0.2) is 0 Å². The van der Waals surface area contributed by atoms with Gasteiger partial charge in [0.25, 0.3) is 5.91 Å². The minimum absolute atomic E-state index is 0.0860. The SMILES string of the molecule is CCOC(=O)C1=C(CON(N)C(C)=O)N=C(C)C(C(=O)OC)C1c1ccccc1Cl.